The molecule has 1 radical (unpaired) electrons. The molecule has 1 amide bonds. The second kappa shape index (κ2) is 62.0. The average molecular weight is 1920 g/mol. The van der Waals surface area contributed by atoms with E-state index in [1.54, 1.807) is 149 Å². The van der Waals surface area contributed by atoms with Crippen LogP contribution in [-0.4, -0.2) is 102 Å². The number of nitrogen functional groups attached to an aromatic ring is 1. The molecule has 1 aromatic heterocycles. The Hall–Kier alpha value is -6.30. The summed E-state index contributed by atoms with van der Waals surface area (Å²) in [5.74, 6) is -2.22. The van der Waals surface area contributed by atoms with Gasteiger partial charge in [0.15, 0.2) is 11.2 Å². The number of aryl methyl sites for hydroxylation is 1. The number of nitrogens with zero attached hydrogens (tertiary/aromatic N) is 3. The second-order valence-corrected chi connectivity index (χ2v) is 25.9. The molecule has 113 heavy (non-hydrogen) atoms. The van der Waals surface area contributed by atoms with E-state index in [1.807, 2.05) is 84.3 Å². The summed E-state index contributed by atoms with van der Waals surface area (Å²) in [6.45, 7) is 8.62. The first-order valence-electron chi connectivity index (χ1n) is 30.8. The minimum atomic E-state index is -1.03. The molecular formula is C80H87BBr2Cl11MgN8O9S. The van der Waals surface area contributed by atoms with Crippen LogP contribution in [0.15, 0.2) is 232 Å². The zero-order valence-corrected chi connectivity index (χ0v) is 72.9. The minimum Gasteiger partial charge on any atom is -1.00 e. The number of halogens is 13. The van der Waals surface area contributed by atoms with Gasteiger partial charge in [-0.2, -0.15) is 6.92 Å². The quantitative estimate of drug-likeness (QED) is 0.0126. The van der Waals surface area contributed by atoms with E-state index in [1.165, 1.54) is 38.4 Å². The van der Waals surface area contributed by atoms with Crippen molar-refractivity contribution in [2.24, 2.45) is 4.30 Å². The molecule has 10 aromatic carbocycles. The number of amides is 1. The normalized spacial score (nSPS) is 9.19. The smallest absolute Gasteiger partial charge is 1.00 e. The van der Waals surface area contributed by atoms with Crippen molar-refractivity contribution in [3.8, 4) is 5.69 Å². The van der Waals surface area contributed by atoms with E-state index in [0.717, 1.165) is 22.0 Å². The van der Waals surface area contributed by atoms with Gasteiger partial charge in [0.1, 0.15) is 0 Å². The van der Waals surface area contributed by atoms with Gasteiger partial charge in [-0.3, -0.25) is 19.2 Å². The van der Waals surface area contributed by atoms with Crippen LogP contribution in [0.5, 0.6) is 0 Å². The topological polar surface area (TPSA) is 239 Å². The maximum absolute atomic E-state index is 12.3. The number of Topliss-reactive ketones (excluding diaryl/α,β-unsaturated/α-hetero) is 1. The number of carboxylic acid groups (broad SMARTS) is 2. The Labute approximate surface area is 760 Å². The van der Waals surface area contributed by atoms with Gasteiger partial charge in [-0.1, -0.05) is 213 Å². The van der Waals surface area contributed by atoms with Gasteiger partial charge in [-0.25, -0.2) is 20.1 Å². The zero-order chi connectivity index (χ0) is 79.2. The number of rotatable bonds is 14. The first-order chi connectivity index (χ1) is 50.5. The standard InChI is InChI=1S/C16H11Cl2NO.C15H14Cl2N2O2.C15H13Cl2NO.C13H9Cl2NO2.C7H4BrClO2.C6H6ClN.C2H7NO.C2H5.4CH4.BHNS.BrH.ClH.Mg/c1-10-9-19(14-5-3-2-4-13(14)18)15-8-11(17)6-7-12(15)16(10)20;1-19(21-2)15(20)11-8-7-10(16)9-14(11)18-13-6-4-3-5-12(13)17;1-2-15(19)11-8-7-10(16)9-14(11)18-13-6-4-3-5-12(13)17;14-8-5-6-9(13(17)18)12(7-8)16-11-4-2-1-3-10(11)15;8-6-3-4(9)1-2-5(6)7(10)11;7-5-3-1-2-4-6(5)8;1-3-4-2;1-2;;;;;1-2-3;;;/h2-9H,1H3;3-9,18H,1-2H3;3-9,18H,2H2,1H3;1-7,16H,(H,17,18);1-3H,(H,10,11);1-4H,8H2;3H,1-2H3;1H2,2H3;4*1H4;3H;2*1H;/q;;;;;;;-1;;;;;;;;+2/p-1. The van der Waals surface area contributed by atoms with Gasteiger partial charge in [-0.15, -0.1) is 12.4 Å². The number of thiol groups is 1. The predicted molar refractivity (Wildman–Crippen MR) is 490 cm³/mol. The van der Waals surface area contributed by atoms with E-state index in [2.05, 4.69) is 73.9 Å². The van der Waals surface area contributed by atoms with Crippen LogP contribution < -0.4 is 49.6 Å². The van der Waals surface area contributed by atoms with Gasteiger partial charge in [0.05, 0.1) is 107 Å². The third-order valence-corrected chi connectivity index (χ3v) is 17.0. The number of carboxylic acids is 2. The van der Waals surface area contributed by atoms with Crippen LogP contribution >= 0.6 is 157 Å². The summed E-state index contributed by atoms with van der Waals surface area (Å²) in [5, 5.41) is 34.2. The van der Waals surface area contributed by atoms with E-state index in [4.69, 9.17) is 137 Å². The number of hydrogen-bond acceptors (Lipinski definition) is 14. The summed E-state index contributed by atoms with van der Waals surface area (Å²) < 4.78 is 5.10. The van der Waals surface area contributed by atoms with Crippen LogP contribution in [0, 0.1) is 13.8 Å². The Bertz CT molecular complexity index is 4800. The van der Waals surface area contributed by atoms with E-state index < -0.39 is 11.9 Å². The number of nitrogens with one attached hydrogen (secondary N) is 4. The number of nitrogens with two attached hydrogens (primary N) is 1. The number of ketones is 1. The monoisotopic (exact) mass is 1910 g/mol. The van der Waals surface area contributed by atoms with Crippen molar-refractivity contribution in [2.45, 2.75) is 56.9 Å². The fourth-order valence-electron chi connectivity index (χ4n) is 8.46. The summed E-state index contributed by atoms with van der Waals surface area (Å²) in [4.78, 5) is 67.2. The van der Waals surface area contributed by atoms with Crippen molar-refractivity contribution in [2.75, 3.05) is 50.0 Å². The van der Waals surface area contributed by atoms with Gasteiger partial charge in [0, 0.05) is 72.8 Å². The van der Waals surface area contributed by atoms with Gasteiger partial charge < -0.3 is 65.2 Å². The Morgan fingerprint density at radius 2 is 0.885 bits per heavy atom. The molecule has 1 heterocycles. The van der Waals surface area contributed by atoms with Crippen LogP contribution in [0.3, 0.4) is 0 Å². The third kappa shape index (κ3) is 39.0. The van der Waals surface area contributed by atoms with Gasteiger partial charge in [-0.05, 0) is 175 Å². The molecule has 0 spiro atoms. The number of aromatic carboxylic acids is 2. The zero-order valence-electron chi connectivity index (χ0n) is 59.0. The first-order valence-corrected chi connectivity index (χ1v) is 35.7. The molecule has 0 saturated heterocycles. The largest absolute Gasteiger partial charge is 2.00 e. The molecule has 11 rings (SSSR count). The van der Waals surface area contributed by atoms with E-state index in [9.17, 15) is 24.0 Å². The van der Waals surface area contributed by atoms with Crippen LogP contribution in [0.1, 0.15) is 97.0 Å². The summed E-state index contributed by atoms with van der Waals surface area (Å²) in [5.41, 5.74) is 15.8. The number of carbonyl (C=O) groups is 4. The molecule has 0 bridgehead atoms. The summed E-state index contributed by atoms with van der Waals surface area (Å²) >= 11 is 65.9. The van der Waals surface area contributed by atoms with Crippen molar-refractivity contribution < 1.29 is 56.0 Å². The van der Waals surface area contributed by atoms with Crippen LogP contribution in [0.2, 0.25) is 50.2 Å². The summed E-state index contributed by atoms with van der Waals surface area (Å²) in [6, 6.07) is 60.9. The molecule has 0 unspecified atom stereocenters. The summed E-state index contributed by atoms with van der Waals surface area (Å²) in [7, 11) is 10.6. The Balaban J connectivity index is -0.000000406. The molecule has 11 aromatic rings. The minimum absolute atomic E-state index is 0. The van der Waals surface area contributed by atoms with E-state index in [-0.39, 0.29) is 110 Å². The molecule has 0 aliphatic carbocycles. The molecule has 603 valence electrons. The summed E-state index contributed by atoms with van der Waals surface area (Å²) in [6.07, 6.45) is 2.24. The Kier molecular flexibility index (Phi) is 63.2. The molecule has 0 saturated carbocycles. The SMILES string of the molecule is C.C.C.C.CCC(=O)c1ccc(Cl)cc1Nc1ccccc1Cl.CNOC.CON(C)C(=O)c1ccc(Cl)cc1Nc1ccccc1Cl.Cc1cn(-c2ccccc2Cl)c2cc(Cl)ccc2c1=O.Cl.Nc1ccccc1Cl.O=C(O)c1ccc(Cl)cc1Br.O=C(O)c1ccc(Cl)cc1Nc1ccccc1Cl.[B]=NS.[Br-].[CH2-]C.[Mg+2]. The molecule has 0 aliphatic rings. The molecule has 0 atom stereocenters. The number of para-hydroxylation sites is 5. The maximum Gasteiger partial charge on any atom is 2.00 e. The number of fused-ring (bicyclic) bond motifs is 1. The third-order valence-electron chi connectivity index (χ3n) is 13.5. The fraction of sp³-hybridized carbons (Fsp3) is 0.150. The molecule has 17 nitrogen and oxygen atoms in total. The van der Waals surface area contributed by atoms with Crippen molar-refractivity contribution in [1.29, 1.82) is 0 Å². The van der Waals surface area contributed by atoms with Gasteiger partial charge in [0.25, 0.3) is 5.91 Å². The van der Waals surface area contributed by atoms with E-state index in [0.29, 0.717) is 117 Å². The van der Waals surface area contributed by atoms with Gasteiger partial charge >= 0.3 is 59.7 Å². The fourth-order valence-corrected chi connectivity index (χ4v) is 10.9. The number of hydroxylamine groups is 3. The molecule has 33 heteroatoms. The second-order valence-electron chi connectivity index (χ2n) is 20.6. The van der Waals surface area contributed by atoms with Crippen molar-refractivity contribution in [3.05, 3.63) is 318 Å². The van der Waals surface area contributed by atoms with Crippen LogP contribution in [-0.2, 0) is 9.68 Å². The first kappa shape index (κ1) is 115. The Morgan fingerprint density at radius 1 is 0.549 bits per heavy atom. The van der Waals surface area contributed by atoms with Crippen LogP contribution in [0.4, 0.5) is 39.8 Å². The molecule has 8 N–H and O–H groups in total. The van der Waals surface area contributed by atoms with E-state index >= 15 is 0 Å². The Morgan fingerprint density at radius 3 is 1.25 bits per heavy atom. The van der Waals surface area contributed by atoms with Crippen LogP contribution in [0.25, 0.3) is 16.6 Å². The predicted octanol–water partition coefficient (Wildman–Crippen LogP) is 23.8. The van der Waals surface area contributed by atoms with Crippen molar-refractivity contribution in [3.63, 3.8) is 0 Å². The van der Waals surface area contributed by atoms with Gasteiger partial charge in [0.2, 0.25) is 0 Å². The van der Waals surface area contributed by atoms with Crippen molar-refractivity contribution >= 4 is 262 Å². The molecule has 0 aliphatic heterocycles. The number of anilines is 7. The number of hydrogen-bond donors (Lipinski definition) is 8. The average Bonchev–Trinajstić information content (AvgIpc) is 0.770. The number of benzene rings is 10. The molecule has 0 fully saturated rings. The maximum atomic E-state index is 12.3. The van der Waals surface area contributed by atoms with Crippen molar-refractivity contribution in [1.82, 2.24) is 15.1 Å². The number of aromatic nitrogens is 1. The number of carbonyl (C=O) groups excluding carboxylic acids is 2. The number of pyridine rings is 1. The molecular weight excluding hydrogens is 1830 g/mol.